The van der Waals surface area contributed by atoms with Crippen molar-refractivity contribution in [3.8, 4) is 11.4 Å². The summed E-state index contributed by atoms with van der Waals surface area (Å²) < 4.78 is 20.8. The zero-order valence-corrected chi connectivity index (χ0v) is 17.9. The van der Waals surface area contributed by atoms with Gasteiger partial charge >= 0.3 is 0 Å². The Morgan fingerprint density at radius 1 is 0.933 bits per heavy atom. The highest BCUT2D eigenvalue weighted by Crippen LogP contribution is 2.24. The number of ether oxygens (including phenoxy) is 1. The van der Waals surface area contributed by atoms with Gasteiger partial charge in [-0.3, -0.25) is 9.47 Å². The first-order valence-corrected chi connectivity index (χ1v) is 11.5. The van der Waals surface area contributed by atoms with E-state index in [0.717, 1.165) is 48.5 Å². The minimum absolute atomic E-state index is 0.251. The van der Waals surface area contributed by atoms with Gasteiger partial charge < -0.3 is 4.74 Å². The number of hydrogen-bond donors (Lipinski definition) is 0. The van der Waals surface area contributed by atoms with Crippen molar-refractivity contribution < 1.29 is 9.13 Å². The number of para-hydroxylation sites is 1. The third kappa shape index (κ3) is 5.61. The molecule has 30 heavy (non-hydrogen) atoms. The lowest BCUT2D eigenvalue weighted by Gasteiger charge is -2.26. The summed E-state index contributed by atoms with van der Waals surface area (Å²) in [6, 6.07) is 16.5. The second kappa shape index (κ2) is 10.6. The fourth-order valence-corrected chi connectivity index (χ4v) is 4.48. The Bertz CT molecular complexity index is 911. The standard InChI is InChI=1S/C23H27FN4OS/c24-19-10-12-21(13-11-19)29-16-7-17-30-23-26-25-22(18-27-14-5-2-6-15-27)28(23)20-8-3-1-4-9-20/h1,3-4,8-13H,2,5-7,14-18H2. The van der Waals surface area contributed by atoms with Gasteiger partial charge in [0, 0.05) is 11.4 Å². The number of benzene rings is 2. The maximum atomic E-state index is 13.0. The van der Waals surface area contributed by atoms with Gasteiger partial charge in [-0.05, 0) is 68.8 Å². The van der Waals surface area contributed by atoms with Crippen molar-refractivity contribution in [2.75, 3.05) is 25.4 Å². The van der Waals surface area contributed by atoms with E-state index in [0.29, 0.717) is 12.4 Å². The Labute approximate surface area is 181 Å². The number of hydrogen-bond acceptors (Lipinski definition) is 5. The third-order valence-corrected chi connectivity index (χ3v) is 6.15. The Morgan fingerprint density at radius 2 is 1.70 bits per heavy atom. The SMILES string of the molecule is Fc1ccc(OCCCSc2nnc(CN3CCCCC3)n2-c2ccccc2)cc1. The molecule has 4 rings (SSSR count). The molecule has 7 heteroatoms. The average Bonchev–Trinajstić information content (AvgIpc) is 3.18. The van der Waals surface area contributed by atoms with Gasteiger partial charge in [-0.2, -0.15) is 0 Å². The molecule has 0 spiro atoms. The molecule has 0 bridgehead atoms. The largest absolute Gasteiger partial charge is 0.494 e. The average molecular weight is 427 g/mol. The van der Waals surface area contributed by atoms with E-state index in [1.54, 1.807) is 23.9 Å². The summed E-state index contributed by atoms with van der Waals surface area (Å²) >= 11 is 1.69. The monoisotopic (exact) mass is 426 g/mol. The van der Waals surface area contributed by atoms with E-state index < -0.39 is 0 Å². The van der Waals surface area contributed by atoms with E-state index in [1.807, 2.05) is 18.2 Å². The first-order chi connectivity index (χ1) is 14.8. The fourth-order valence-electron chi connectivity index (χ4n) is 3.59. The van der Waals surface area contributed by atoms with Crippen LogP contribution in [0.1, 0.15) is 31.5 Å². The predicted octanol–water partition coefficient (Wildman–Crippen LogP) is 4.95. The predicted molar refractivity (Wildman–Crippen MR) is 118 cm³/mol. The summed E-state index contributed by atoms with van der Waals surface area (Å²) in [5.74, 6) is 2.31. The minimum atomic E-state index is -0.251. The van der Waals surface area contributed by atoms with Gasteiger partial charge in [0.2, 0.25) is 0 Å². The number of nitrogens with zero attached hydrogens (tertiary/aromatic N) is 4. The van der Waals surface area contributed by atoms with Crippen LogP contribution in [0.15, 0.2) is 59.8 Å². The molecule has 0 atom stereocenters. The number of rotatable bonds is 9. The van der Waals surface area contributed by atoms with Gasteiger partial charge in [0.05, 0.1) is 13.2 Å². The van der Waals surface area contributed by atoms with Gasteiger partial charge in [-0.1, -0.05) is 36.4 Å². The van der Waals surface area contributed by atoms with Crippen LogP contribution in [0.5, 0.6) is 5.75 Å². The summed E-state index contributed by atoms with van der Waals surface area (Å²) in [6.07, 6.45) is 4.71. The highest BCUT2D eigenvalue weighted by Gasteiger charge is 2.18. The van der Waals surface area contributed by atoms with Crippen molar-refractivity contribution in [3.63, 3.8) is 0 Å². The molecule has 1 fully saturated rings. The number of halogens is 1. The first kappa shape index (κ1) is 20.9. The lowest BCUT2D eigenvalue weighted by atomic mass is 10.1. The molecule has 0 unspecified atom stereocenters. The van der Waals surface area contributed by atoms with E-state index in [1.165, 1.54) is 31.4 Å². The van der Waals surface area contributed by atoms with Crippen LogP contribution in [0.4, 0.5) is 4.39 Å². The maximum absolute atomic E-state index is 13.0. The highest BCUT2D eigenvalue weighted by molar-refractivity contribution is 7.99. The van der Waals surface area contributed by atoms with Crippen molar-refractivity contribution in [2.45, 2.75) is 37.4 Å². The molecule has 0 N–H and O–H groups in total. The molecule has 0 aliphatic carbocycles. The van der Waals surface area contributed by atoms with Gasteiger partial charge in [-0.25, -0.2) is 4.39 Å². The Morgan fingerprint density at radius 3 is 2.47 bits per heavy atom. The summed E-state index contributed by atoms with van der Waals surface area (Å²) in [5.41, 5.74) is 1.10. The topological polar surface area (TPSA) is 43.2 Å². The molecular formula is C23H27FN4OS. The summed E-state index contributed by atoms with van der Waals surface area (Å²) in [6.45, 7) is 3.67. The third-order valence-electron chi connectivity index (χ3n) is 5.13. The van der Waals surface area contributed by atoms with Crippen LogP contribution in [0.3, 0.4) is 0 Å². The Hall–Kier alpha value is -2.38. The zero-order chi connectivity index (χ0) is 20.6. The van der Waals surface area contributed by atoms with Gasteiger partial charge in [0.1, 0.15) is 11.6 Å². The zero-order valence-electron chi connectivity index (χ0n) is 17.0. The quantitative estimate of drug-likeness (QED) is 0.358. The Kier molecular flexibility index (Phi) is 7.37. The highest BCUT2D eigenvalue weighted by atomic mass is 32.2. The summed E-state index contributed by atoms with van der Waals surface area (Å²) in [7, 11) is 0. The van der Waals surface area contributed by atoms with Crippen molar-refractivity contribution in [1.29, 1.82) is 0 Å². The second-order valence-electron chi connectivity index (χ2n) is 7.41. The molecule has 5 nitrogen and oxygen atoms in total. The van der Waals surface area contributed by atoms with Crippen molar-refractivity contribution in [1.82, 2.24) is 19.7 Å². The summed E-state index contributed by atoms with van der Waals surface area (Å²) in [4.78, 5) is 2.47. The van der Waals surface area contributed by atoms with E-state index in [2.05, 4.69) is 31.8 Å². The molecular weight excluding hydrogens is 399 g/mol. The van der Waals surface area contributed by atoms with Crippen LogP contribution in [0.25, 0.3) is 5.69 Å². The Balaban J connectivity index is 1.37. The first-order valence-electron chi connectivity index (χ1n) is 10.5. The number of likely N-dealkylation sites (tertiary alicyclic amines) is 1. The fraction of sp³-hybridized carbons (Fsp3) is 0.391. The minimum Gasteiger partial charge on any atom is -0.494 e. The van der Waals surface area contributed by atoms with E-state index in [4.69, 9.17) is 4.74 Å². The van der Waals surface area contributed by atoms with Crippen LogP contribution in [-0.4, -0.2) is 45.1 Å². The smallest absolute Gasteiger partial charge is 0.195 e. The van der Waals surface area contributed by atoms with E-state index in [-0.39, 0.29) is 5.82 Å². The summed E-state index contributed by atoms with van der Waals surface area (Å²) in [5, 5.41) is 9.93. The number of thioether (sulfide) groups is 1. The molecule has 0 saturated carbocycles. The number of piperidine rings is 1. The van der Waals surface area contributed by atoms with Crippen LogP contribution in [-0.2, 0) is 6.54 Å². The van der Waals surface area contributed by atoms with Crippen LogP contribution < -0.4 is 4.74 Å². The van der Waals surface area contributed by atoms with Crippen molar-refractivity contribution in [2.24, 2.45) is 0 Å². The molecule has 1 aliphatic heterocycles. The van der Waals surface area contributed by atoms with Crippen molar-refractivity contribution >= 4 is 11.8 Å². The lowest BCUT2D eigenvalue weighted by molar-refractivity contribution is 0.214. The van der Waals surface area contributed by atoms with Crippen LogP contribution in [0.2, 0.25) is 0 Å². The molecule has 1 aromatic heterocycles. The van der Waals surface area contributed by atoms with Crippen molar-refractivity contribution in [3.05, 3.63) is 66.2 Å². The van der Waals surface area contributed by atoms with Crippen LogP contribution in [0, 0.1) is 5.82 Å². The second-order valence-corrected chi connectivity index (χ2v) is 8.47. The molecule has 2 aromatic carbocycles. The maximum Gasteiger partial charge on any atom is 0.195 e. The molecule has 158 valence electrons. The molecule has 3 aromatic rings. The molecule has 0 radical (unpaired) electrons. The lowest BCUT2D eigenvalue weighted by Crippen LogP contribution is -2.30. The van der Waals surface area contributed by atoms with Gasteiger partial charge in [0.25, 0.3) is 0 Å². The van der Waals surface area contributed by atoms with E-state index >= 15 is 0 Å². The van der Waals surface area contributed by atoms with Gasteiger partial charge in [0.15, 0.2) is 11.0 Å². The molecule has 0 amide bonds. The van der Waals surface area contributed by atoms with E-state index in [9.17, 15) is 4.39 Å². The van der Waals surface area contributed by atoms with Gasteiger partial charge in [-0.15, -0.1) is 10.2 Å². The number of aromatic nitrogens is 3. The van der Waals surface area contributed by atoms with Crippen LogP contribution >= 0.6 is 11.8 Å². The normalized spacial score (nSPS) is 14.7. The molecule has 1 saturated heterocycles. The molecule has 2 heterocycles. The molecule has 1 aliphatic rings.